The predicted molar refractivity (Wildman–Crippen MR) is 67.5 cm³/mol. The largest absolute Gasteiger partial charge is 0.489 e. The van der Waals surface area contributed by atoms with Gasteiger partial charge in [0.25, 0.3) is 0 Å². The zero-order valence-corrected chi connectivity index (χ0v) is 11.1. The van der Waals surface area contributed by atoms with E-state index in [2.05, 4.69) is 10.3 Å². The van der Waals surface area contributed by atoms with Crippen LogP contribution in [0.1, 0.15) is 38.1 Å². The second-order valence-electron chi connectivity index (χ2n) is 4.78. The van der Waals surface area contributed by atoms with Crippen LogP contribution in [-0.2, 0) is 0 Å². The number of carbonyl (C=O) groups excluding carboxylic acids is 1. The second kappa shape index (κ2) is 5.27. The number of nitrogens with one attached hydrogen (secondary N) is 1. The molecule has 17 heavy (non-hydrogen) atoms. The number of ketones is 1. The maximum atomic E-state index is 12.2. The van der Waals surface area contributed by atoms with Crippen LogP contribution in [0.3, 0.4) is 0 Å². The van der Waals surface area contributed by atoms with Crippen molar-refractivity contribution in [3.8, 4) is 5.75 Å². The van der Waals surface area contributed by atoms with Crippen LogP contribution >= 0.6 is 0 Å². The number of aromatic nitrogens is 1. The fourth-order valence-corrected chi connectivity index (χ4v) is 1.35. The molecule has 4 nitrogen and oxygen atoms in total. The van der Waals surface area contributed by atoms with Crippen LogP contribution in [0.4, 0.5) is 0 Å². The van der Waals surface area contributed by atoms with Gasteiger partial charge in [0.05, 0.1) is 17.8 Å². The Morgan fingerprint density at radius 3 is 2.59 bits per heavy atom. The number of Topliss-reactive ketones (excluding diaryl/α,β-unsaturated/α-hetero) is 1. The van der Waals surface area contributed by atoms with Crippen molar-refractivity contribution in [1.82, 2.24) is 10.3 Å². The van der Waals surface area contributed by atoms with E-state index in [1.165, 1.54) is 0 Å². The molecule has 1 aromatic rings. The topological polar surface area (TPSA) is 51.2 Å². The third-order valence-electron chi connectivity index (χ3n) is 2.54. The zero-order chi connectivity index (χ0) is 13.1. The van der Waals surface area contributed by atoms with Gasteiger partial charge < -0.3 is 10.1 Å². The molecule has 0 aliphatic rings. The first-order valence-corrected chi connectivity index (χ1v) is 5.72. The van der Waals surface area contributed by atoms with Gasteiger partial charge in [-0.15, -0.1) is 0 Å². The minimum atomic E-state index is -0.599. The van der Waals surface area contributed by atoms with Crippen LogP contribution in [0.2, 0.25) is 0 Å². The summed E-state index contributed by atoms with van der Waals surface area (Å²) in [7, 11) is 1.76. The van der Waals surface area contributed by atoms with E-state index in [9.17, 15) is 4.79 Å². The molecule has 0 bridgehead atoms. The normalized spacial score (nSPS) is 11.6. The molecule has 1 N–H and O–H groups in total. The molecule has 4 heteroatoms. The van der Waals surface area contributed by atoms with E-state index < -0.39 is 5.54 Å². The van der Waals surface area contributed by atoms with Crippen LogP contribution in [0.15, 0.2) is 18.5 Å². The summed E-state index contributed by atoms with van der Waals surface area (Å²) in [6, 6.07) is 1.73. The first kappa shape index (κ1) is 13.6. The van der Waals surface area contributed by atoms with Crippen molar-refractivity contribution >= 4 is 5.78 Å². The Morgan fingerprint density at radius 1 is 1.41 bits per heavy atom. The first-order chi connectivity index (χ1) is 7.86. The maximum Gasteiger partial charge on any atom is 0.183 e. The lowest BCUT2D eigenvalue weighted by Crippen LogP contribution is -2.44. The number of carbonyl (C=O) groups is 1. The molecule has 0 spiro atoms. The highest BCUT2D eigenvalue weighted by atomic mass is 16.5. The van der Waals surface area contributed by atoms with Crippen molar-refractivity contribution in [1.29, 1.82) is 0 Å². The summed E-state index contributed by atoms with van der Waals surface area (Å²) in [5, 5.41) is 2.98. The van der Waals surface area contributed by atoms with Gasteiger partial charge in [-0.1, -0.05) is 0 Å². The molecule has 1 heterocycles. The highest BCUT2D eigenvalue weighted by Crippen LogP contribution is 2.17. The minimum absolute atomic E-state index is 0.00158. The highest BCUT2D eigenvalue weighted by molar-refractivity contribution is 6.02. The van der Waals surface area contributed by atoms with E-state index in [4.69, 9.17) is 4.74 Å². The molecule has 0 aliphatic carbocycles. The van der Waals surface area contributed by atoms with Crippen molar-refractivity contribution < 1.29 is 9.53 Å². The lowest BCUT2D eigenvalue weighted by atomic mass is 9.94. The van der Waals surface area contributed by atoms with Gasteiger partial charge in [0.1, 0.15) is 5.75 Å². The molecule has 0 saturated carbocycles. The fourth-order valence-electron chi connectivity index (χ4n) is 1.35. The van der Waals surface area contributed by atoms with Gasteiger partial charge in [0.15, 0.2) is 5.78 Å². The van der Waals surface area contributed by atoms with Crippen molar-refractivity contribution in [2.24, 2.45) is 0 Å². The van der Waals surface area contributed by atoms with Crippen LogP contribution in [0.25, 0.3) is 0 Å². The van der Waals surface area contributed by atoms with Crippen LogP contribution < -0.4 is 10.1 Å². The van der Waals surface area contributed by atoms with Crippen molar-refractivity contribution in [2.45, 2.75) is 39.3 Å². The van der Waals surface area contributed by atoms with E-state index in [0.717, 1.165) is 0 Å². The number of likely N-dealkylation sites (N-methyl/N-ethyl adjacent to an activating group) is 1. The molecule has 0 unspecified atom stereocenters. The number of nitrogens with zero attached hydrogens (tertiary/aromatic N) is 1. The van der Waals surface area contributed by atoms with Gasteiger partial charge in [-0.05, 0) is 40.8 Å². The summed E-state index contributed by atoms with van der Waals surface area (Å²) in [5.41, 5.74) is -0.0412. The van der Waals surface area contributed by atoms with E-state index in [1.807, 2.05) is 27.7 Å². The molecule has 0 atom stereocenters. The average Bonchev–Trinajstić information content (AvgIpc) is 2.27. The molecular formula is C13H20N2O2. The minimum Gasteiger partial charge on any atom is -0.489 e. The van der Waals surface area contributed by atoms with Gasteiger partial charge in [-0.25, -0.2) is 0 Å². The molecule has 0 aliphatic heterocycles. The quantitative estimate of drug-likeness (QED) is 0.795. The predicted octanol–water partition coefficient (Wildman–Crippen LogP) is 2.05. The lowest BCUT2D eigenvalue weighted by molar-refractivity contribution is 0.0888. The molecule has 0 aromatic carbocycles. The number of pyridine rings is 1. The maximum absolute atomic E-state index is 12.2. The zero-order valence-electron chi connectivity index (χ0n) is 11.1. The summed E-state index contributed by atoms with van der Waals surface area (Å²) >= 11 is 0. The van der Waals surface area contributed by atoms with E-state index in [-0.39, 0.29) is 11.9 Å². The second-order valence-corrected chi connectivity index (χ2v) is 4.78. The Balaban J connectivity index is 2.96. The Labute approximate surface area is 102 Å². The van der Waals surface area contributed by atoms with Crippen molar-refractivity contribution in [3.05, 3.63) is 24.0 Å². The van der Waals surface area contributed by atoms with Gasteiger partial charge >= 0.3 is 0 Å². The summed E-state index contributed by atoms with van der Waals surface area (Å²) < 4.78 is 5.52. The summed E-state index contributed by atoms with van der Waals surface area (Å²) in [5.74, 6) is 0.624. The van der Waals surface area contributed by atoms with Gasteiger partial charge in [0.2, 0.25) is 0 Å². The Kier molecular flexibility index (Phi) is 4.23. The fraction of sp³-hybridized carbons (Fsp3) is 0.538. The number of hydrogen-bond acceptors (Lipinski definition) is 4. The number of rotatable bonds is 5. The van der Waals surface area contributed by atoms with Crippen LogP contribution in [-0.4, -0.2) is 29.5 Å². The number of ether oxygens (including phenoxy) is 1. The van der Waals surface area contributed by atoms with Crippen LogP contribution in [0.5, 0.6) is 5.75 Å². The molecular weight excluding hydrogens is 216 g/mol. The lowest BCUT2D eigenvalue weighted by Gasteiger charge is -2.22. The van der Waals surface area contributed by atoms with Crippen molar-refractivity contribution in [3.63, 3.8) is 0 Å². The molecule has 0 saturated heterocycles. The molecule has 0 fully saturated rings. The van der Waals surface area contributed by atoms with Gasteiger partial charge in [-0.2, -0.15) is 0 Å². The third-order valence-corrected chi connectivity index (χ3v) is 2.54. The highest BCUT2D eigenvalue weighted by Gasteiger charge is 2.26. The Hall–Kier alpha value is -1.42. The Bertz CT molecular complexity index is 400. The van der Waals surface area contributed by atoms with Crippen molar-refractivity contribution in [2.75, 3.05) is 7.05 Å². The number of hydrogen-bond donors (Lipinski definition) is 1. The average molecular weight is 236 g/mol. The Morgan fingerprint density at radius 2 is 2.06 bits per heavy atom. The molecule has 0 amide bonds. The van der Waals surface area contributed by atoms with E-state index in [1.54, 1.807) is 25.5 Å². The first-order valence-electron chi connectivity index (χ1n) is 5.72. The standard InChI is InChI=1S/C13H20N2O2/c1-9(2)17-11-6-10(7-15-8-11)12(16)13(3,4)14-5/h6-9,14H,1-5H3. The van der Waals surface area contributed by atoms with Gasteiger partial charge in [-0.3, -0.25) is 9.78 Å². The summed E-state index contributed by atoms with van der Waals surface area (Å²) in [4.78, 5) is 16.2. The SMILES string of the molecule is CNC(C)(C)C(=O)c1cncc(OC(C)C)c1. The van der Waals surface area contributed by atoms with Crippen LogP contribution in [0, 0.1) is 0 Å². The summed E-state index contributed by atoms with van der Waals surface area (Å²) in [6.45, 7) is 7.55. The third kappa shape index (κ3) is 3.53. The molecule has 1 aromatic heterocycles. The molecule has 94 valence electrons. The molecule has 0 radical (unpaired) electrons. The molecule has 1 rings (SSSR count). The van der Waals surface area contributed by atoms with E-state index >= 15 is 0 Å². The van der Waals surface area contributed by atoms with E-state index in [0.29, 0.717) is 11.3 Å². The smallest absolute Gasteiger partial charge is 0.183 e. The monoisotopic (exact) mass is 236 g/mol. The summed E-state index contributed by atoms with van der Waals surface area (Å²) in [6.07, 6.45) is 3.25. The van der Waals surface area contributed by atoms with Gasteiger partial charge in [0, 0.05) is 11.8 Å².